The second-order valence-electron chi connectivity index (χ2n) is 5.06. The number of rotatable bonds is 2. The Morgan fingerprint density at radius 3 is 2.59 bits per heavy atom. The summed E-state index contributed by atoms with van der Waals surface area (Å²) >= 11 is 0. The molecule has 0 atom stereocenters. The topological polar surface area (TPSA) is 55.1 Å². The number of carbonyl (C=O) groups excluding carboxylic acids is 1. The Hall–Kier alpha value is -1.35. The van der Waals surface area contributed by atoms with Crippen LogP contribution in [0.2, 0.25) is 0 Å². The van der Waals surface area contributed by atoms with Crippen molar-refractivity contribution in [1.82, 2.24) is 0 Å². The number of nitrogens with one attached hydrogen (secondary N) is 1. The fourth-order valence-electron chi connectivity index (χ4n) is 2.37. The van der Waals surface area contributed by atoms with Crippen molar-refractivity contribution in [2.45, 2.75) is 45.1 Å². The molecule has 3 nitrogen and oxygen atoms in total. The Kier molecular flexibility index (Phi) is 3.20. The normalized spacial score (nSPS) is 18.1. The minimum absolute atomic E-state index is 0.0382. The van der Waals surface area contributed by atoms with Gasteiger partial charge < -0.3 is 11.1 Å². The number of benzene rings is 1. The van der Waals surface area contributed by atoms with Gasteiger partial charge in [-0.3, -0.25) is 4.79 Å². The van der Waals surface area contributed by atoms with E-state index in [0.717, 1.165) is 36.9 Å². The van der Waals surface area contributed by atoms with E-state index < -0.39 is 5.54 Å². The van der Waals surface area contributed by atoms with Crippen LogP contribution in [0.1, 0.15) is 36.8 Å². The molecule has 3 heteroatoms. The van der Waals surface area contributed by atoms with Crippen molar-refractivity contribution in [1.29, 1.82) is 0 Å². The van der Waals surface area contributed by atoms with Crippen molar-refractivity contribution in [3.05, 3.63) is 29.3 Å². The van der Waals surface area contributed by atoms with Crippen molar-refractivity contribution in [2.75, 3.05) is 5.32 Å². The fraction of sp³-hybridized carbons (Fsp3) is 0.500. The maximum Gasteiger partial charge on any atom is 0.244 e. The van der Waals surface area contributed by atoms with Gasteiger partial charge in [0.15, 0.2) is 0 Å². The van der Waals surface area contributed by atoms with Gasteiger partial charge in [0, 0.05) is 5.69 Å². The van der Waals surface area contributed by atoms with Crippen LogP contribution in [0.15, 0.2) is 18.2 Å². The number of anilines is 1. The maximum atomic E-state index is 12.2. The molecular formula is C14H20N2O. The quantitative estimate of drug-likeness (QED) is 0.823. The standard InChI is InChI=1S/C14H20N2O/c1-10-6-5-7-12(11(10)2)16-13(17)14(15)8-3-4-9-14/h5-7H,3-4,8-9,15H2,1-2H3,(H,16,17). The third-order valence-electron chi connectivity index (χ3n) is 3.80. The highest BCUT2D eigenvalue weighted by atomic mass is 16.2. The van der Waals surface area contributed by atoms with Gasteiger partial charge in [-0.1, -0.05) is 25.0 Å². The number of nitrogens with two attached hydrogens (primary N) is 1. The molecular weight excluding hydrogens is 212 g/mol. The van der Waals surface area contributed by atoms with E-state index in [9.17, 15) is 4.79 Å². The number of hydrogen-bond donors (Lipinski definition) is 2. The van der Waals surface area contributed by atoms with Gasteiger partial charge in [-0.05, 0) is 43.9 Å². The van der Waals surface area contributed by atoms with Crippen LogP contribution < -0.4 is 11.1 Å². The number of amides is 1. The lowest BCUT2D eigenvalue weighted by Gasteiger charge is -2.23. The molecule has 0 radical (unpaired) electrons. The molecule has 1 aliphatic rings. The summed E-state index contributed by atoms with van der Waals surface area (Å²) in [6.45, 7) is 4.06. The molecule has 1 saturated carbocycles. The fourth-order valence-corrected chi connectivity index (χ4v) is 2.37. The van der Waals surface area contributed by atoms with E-state index in [1.165, 1.54) is 5.56 Å². The zero-order valence-electron chi connectivity index (χ0n) is 10.5. The van der Waals surface area contributed by atoms with E-state index in [2.05, 4.69) is 5.32 Å². The van der Waals surface area contributed by atoms with E-state index in [1.54, 1.807) is 0 Å². The van der Waals surface area contributed by atoms with Gasteiger partial charge in [0.2, 0.25) is 5.91 Å². The summed E-state index contributed by atoms with van der Waals surface area (Å²) in [6.07, 6.45) is 3.70. The van der Waals surface area contributed by atoms with E-state index >= 15 is 0 Å². The first kappa shape index (κ1) is 12.1. The highest BCUT2D eigenvalue weighted by molar-refractivity contribution is 5.98. The Balaban J connectivity index is 2.16. The minimum atomic E-state index is -0.657. The minimum Gasteiger partial charge on any atom is -0.324 e. The van der Waals surface area contributed by atoms with Crippen LogP contribution in [0.25, 0.3) is 0 Å². The first-order valence-corrected chi connectivity index (χ1v) is 6.19. The molecule has 1 aromatic carbocycles. The SMILES string of the molecule is Cc1cccc(NC(=O)C2(N)CCCC2)c1C. The molecule has 17 heavy (non-hydrogen) atoms. The van der Waals surface area contributed by atoms with Gasteiger partial charge >= 0.3 is 0 Å². The van der Waals surface area contributed by atoms with Crippen LogP contribution >= 0.6 is 0 Å². The molecule has 0 bridgehead atoms. The largest absolute Gasteiger partial charge is 0.324 e. The second-order valence-corrected chi connectivity index (χ2v) is 5.06. The zero-order valence-corrected chi connectivity index (χ0v) is 10.5. The van der Waals surface area contributed by atoms with Crippen LogP contribution in [0.5, 0.6) is 0 Å². The smallest absolute Gasteiger partial charge is 0.244 e. The lowest BCUT2D eigenvalue weighted by Crippen LogP contribution is -2.48. The predicted octanol–water partition coefficient (Wildman–Crippen LogP) is 2.51. The van der Waals surface area contributed by atoms with Crippen LogP contribution in [0, 0.1) is 13.8 Å². The molecule has 0 aromatic heterocycles. The summed E-state index contributed by atoms with van der Waals surface area (Å²) in [6, 6.07) is 5.92. The van der Waals surface area contributed by atoms with Crippen molar-refractivity contribution >= 4 is 11.6 Å². The van der Waals surface area contributed by atoms with Crippen molar-refractivity contribution in [3.63, 3.8) is 0 Å². The van der Waals surface area contributed by atoms with Crippen LogP contribution in [-0.2, 0) is 4.79 Å². The number of hydrogen-bond acceptors (Lipinski definition) is 2. The average Bonchev–Trinajstić information content (AvgIpc) is 2.73. The van der Waals surface area contributed by atoms with Gasteiger partial charge in [0.25, 0.3) is 0 Å². The molecule has 0 spiro atoms. The van der Waals surface area contributed by atoms with E-state index in [4.69, 9.17) is 5.73 Å². The Morgan fingerprint density at radius 1 is 1.29 bits per heavy atom. The summed E-state index contributed by atoms with van der Waals surface area (Å²) in [5.74, 6) is -0.0382. The van der Waals surface area contributed by atoms with E-state index in [-0.39, 0.29) is 5.91 Å². The lowest BCUT2D eigenvalue weighted by atomic mass is 9.97. The monoisotopic (exact) mass is 232 g/mol. The summed E-state index contributed by atoms with van der Waals surface area (Å²) in [5, 5.41) is 2.97. The molecule has 2 rings (SSSR count). The molecule has 0 heterocycles. The predicted molar refractivity (Wildman–Crippen MR) is 69.9 cm³/mol. The first-order valence-electron chi connectivity index (χ1n) is 6.19. The van der Waals surface area contributed by atoms with Crippen molar-refractivity contribution in [2.24, 2.45) is 5.73 Å². The summed E-state index contributed by atoms with van der Waals surface area (Å²) in [5.41, 5.74) is 8.65. The highest BCUT2D eigenvalue weighted by Crippen LogP contribution is 2.29. The number of carbonyl (C=O) groups is 1. The van der Waals surface area contributed by atoms with Crippen LogP contribution in [0.4, 0.5) is 5.69 Å². The maximum absolute atomic E-state index is 12.2. The van der Waals surface area contributed by atoms with Crippen molar-refractivity contribution in [3.8, 4) is 0 Å². The van der Waals surface area contributed by atoms with Crippen LogP contribution in [0.3, 0.4) is 0 Å². The molecule has 1 aliphatic carbocycles. The van der Waals surface area contributed by atoms with Gasteiger partial charge in [-0.15, -0.1) is 0 Å². The van der Waals surface area contributed by atoms with Gasteiger partial charge in [0.1, 0.15) is 0 Å². The third kappa shape index (κ3) is 2.34. The Labute approximate surface area is 102 Å². The van der Waals surface area contributed by atoms with Crippen molar-refractivity contribution < 1.29 is 4.79 Å². The average molecular weight is 232 g/mol. The van der Waals surface area contributed by atoms with E-state index in [1.807, 2.05) is 32.0 Å². The molecule has 92 valence electrons. The Bertz CT molecular complexity index is 434. The van der Waals surface area contributed by atoms with E-state index in [0.29, 0.717) is 0 Å². The zero-order chi connectivity index (χ0) is 12.5. The van der Waals surface area contributed by atoms with Crippen LogP contribution in [-0.4, -0.2) is 11.4 Å². The number of aryl methyl sites for hydroxylation is 1. The molecule has 1 fully saturated rings. The molecule has 0 aliphatic heterocycles. The van der Waals surface area contributed by atoms with Gasteiger partial charge in [0.05, 0.1) is 5.54 Å². The Morgan fingerprint density at radius 2 is 1.94 bits per heavy atom. The molecule has 0 saturated heterocycles. The third-order valence-corrected chi connectivity index (χ3v) is 3.80. The lowest BCUT2D eigenvalue weighted by molar-refractivity contribution is -0.121. The molecule has 0 unspecified atom stereocenters. The summed E-state index contributed by atoms with van der Waals surface area (Å²) in [4.78, 5) is 12.2. The first-order chi connectivity index (χ1) is 8.03. The molecule has 1 aromatic rings. The highest BCUT2D eigenvalue weighted by Gasteiger charge is 2.37. The summed E-state index contributed by atoms with van der Waals surface area (Å²) < 4.78 is 0. The summed E-state index contributed by atoms with van der Waals surface area (Å²) in [7, 11) is 0. The molecule has 3 N–H and O–H groups in total. The second kappa shape index (κ2) is 4.49. The van der Waals surface area contributed by atoms with Gasteiger partial charge in [-0.2, -0.15) is 0 Å². The molecule has 1 amide bonds. The van der Waals surface area contributed by atoms with Gasteiger partial charge in [-0.25, -0.2) is 0 Å².